The number of rotatable bonds is 8. The van der Waals surface area contributed by atoms with Gasteiger partial charge in [0.25, 0.3) is 0 Å². The van der Waals surface area contributed by atoms with E-state index < -0.39 is 66.6 Å². The molecule has 0 bridgehead atoms. The van der Waals surface area contributed by atoms with Crippen molar-refractivity contribution in [2.24, 2.45) is 0 Å². The van der Waals surface area contributed by atoms with Crippen LogP contribution in [0.3, 0.4) is 0 Å². The molecule has 1 unspecified atom stereocenters. The third kappa shape index (κ3) is 7.59. The predicted molar refractivity (Wildman–Crippen MR) is 139 cm³/mol. The first kappa shape index (κ1) is 29.7. The zero-order valence-corrected chi connectivity index (χ0v) is 23.9. The number of ether oxygens (including phenoxy) is 2. The number of piperidine rings is 1. The van der Waals surface area contributed by atoms with E-state index in [2.05, 4.69) is 25.0 Å². The number of likely N-dealkylation sites (tertiary alicyclic amines) is 1. The Morgan fingerprint density at radius 3 is 2.32 bits per heavy atom. The quantitative estimate of drug-likeness (QED) is 0.295. The van der Waals surface area contributed by atoms with Crippen molar-refractivity contribution in [3.8, 4) is 0 Å². The van der Waals surface area contributed by atoms with Gasteiger partial charge in [-0.3, -0.25) is 19.3 Å². The number of anilines is 1. The molecule has 2 heterocycles. The molecule has 1 aromatic rings. The second kappa shape index (κ2) is 11.5. The van der Waals surface area contributed by atoms with Crippen LogP contribution in [-0.2, 0) is 23.9 Å². The van der Waals surface area contributed by atoms with Crippen molar-refractivity contribution in [2.75, 3.05) is 24.8 Å². The number of amides is 4. The summed E-state index contributed by atoms with van der Waals surface area (Å²) in [6.45, 7) is 11.8. The van der Waals surface area contributed by atoms with Gasteiger partial charge in [0, 0.05) is 45.3 Å². The van der Waals surface area contributed by atoms with Gasteiger partial charge in [0.1, 0.15) is 24.0 Å². The molecule has 2 aliphatic rings. The smallest absolute Gasteiger partial charge is 0.407 e. The standard InChI is InChI=1S/C26H37F2N3O6Si/c1-26(2,3)37-25(35)29-16-11-22(33)30(14-16)17-12-19(27)23(20(28)13-17)18-7-8-21(32)31(24(18)34)15-36-9-10-38(4,5)6/h12-13,16,18H,7-11,14-15H2,1-6H3,(H,29,35)/t16-,18?/m0/s1. The molecular formula is C26H37F2N3O6Si. The summed E-state index contributed by atoms with van der Waals surface area (Å²) >= 11 is 0. The molecule has 4 amide bonds. The first-order valence-electron chi connectivity index (χ1n) is 12.8. The Morgan fingerprint density at radius 1 is 1.11 bits per heavy atom. The molecule has 2 saturated heterocycles. The van der Waals surface area contributed by atoms with Crippen LogP contribution >= 0.6 is 0 Å². The maximum atomic E-state index is 15.3. The topological polar surface area (TPSA) is 105 Å². The third-order valence-electron chi connectivity index (χ3n) is 6.30. The Hall–Kier alpha value is -2.86. The zero-order valence-electron chi connectivity index (χ0n) is 22.9. The fourth-order valence-corrected chi connectivity index (χ4v) is 5.12. The molecule has 2 aliphatic heterocycles. The molecule has 12 heteroatoms. The van der Waals surface area contributed by atoms with Crippen LogP contribution in [0.1, 0.15) is 51.5 Å². The number of hydrogen-bond donors (Lipinski definition) is 1. The highest BCUT2D eigenvalue weighted by Crippen LogP contribution is 2.35. The highest BCUT2D eigenvalue weighted by atomic mass is 28.3. The largest absolute Gasteiger partial charge is 0.444 e. The van der Waals surface area contributed by atoms with Crippen molar-refractivity contribution in [2.45, 2.75) is 83.3 Å². The van der Waals surface area contributed by atoms with Gasteiger partial charge in [-0.25, -0.2) is 13.6 Å². The van der Waals surface area contributed by atoms with Crippen LogP contribution in [0.2, 0.25) is 25.7 Å². The first-order valence-corrected chi connectivity index (χ1v) is 16.5. The molecule has 1 N–H and O–H groups in total. The number of imide groups is 1. The molecule has 2 fully saturated rings. The third-order valence-corrected chi connectivity index (χ3v) is 8.00. The number of nitrogens with zero attached hydrogens (tertiary/aromatic N) is 2. The molecule has 0 radical (unpaired) electrons. The lowest BCUT2D eigenvalue weighted by molar-refractivity contribution is -0.155. The summed E-state index contributed by atoms with van der Waals surface area (Å²) in [5.41, 5.74) is -1.17. The van der Waals surface area contributed by atoms with Gasteiger partial charge in [-0.1, -0.05) is 19.6 Å². The van der Waals surface area contributed by atoms with Gasteiger partial charge in [0.15, 0.2) is 0 Å². The van der Waals surface area contributed by atoms with E-state index in [0.29, 0.717) is 6.61 Å². The van der Waals surface area contributed by atoms with Gasteiger partial charge in [-0.2, -0.15) is 0 Å². The van der Waals surface area contributed by atoms with E-state index in [1.165, 1.54) is 4.90 Å². The minimum absolute atomic E-state index is 0.00963. The van der Waals surface area contributed by atoms with Crippen LogP contribution in [0, 0.1) is 11.6 Å². The number of alkyl carbamates (subject to hydrolysis) is 1. The highest BCUT2D eigenvalue weighted by molar-refractivity contribution is 6.76. The van der Waals surface area contributed by atoms with E-state index in [9.17, 15) is 19.2 Å². The van der Waals surface area contributed by atoms with Gasteiger partial charge < -0.3 is 19.7 Å². The lowest BCUT2D eigenvalue weighted by Crippen LogP contribution is -2.45. The van der Waals surface area contributed by atoms with E-state index in [1.807, 2.05) is 0 Å². The van der Waals surface area contributed by atoms with Crippen LogP contribution in [0.5, 0.6) is 0 Å². The van der Waals surface area contributed by atoms with Gasteiger partial charge in [0.2, 0.25) is 17.7 Å². The number of nitrogens with one attached hydrogen (secondary N) is 1. The minimum Gasteiger partial charge on any atom is -0.444 e. The summed E-state index contributed by atoms with van der Waals surface area (Å²) in [5, 5.41) is 2.60. The average Bonchev–Trinajstić information content (AvgIpc) is 3.11. The molecule has 1 aromatic carbocycles. The van der Waals surface area contributed by atoms with Crippen LogP contribution in [0.4, 0.5) is 19.3 Å². The maximum Gasteiger partial charge on any atom is 0.407 e. The van der Waals surface area contributed by atoms with E-state index in [-0.39, 0.29) is 38.2 Å². The van der Waals surface area contributed by atoms with Crippen molar-refractivity contribution in [1.82, 2.24) is 10.2 Å². The maximum absolute atomic E-state index is 15.3. The summed E-state index contributed by atoms with van der Waals surface area (Å²) in [6, 6.07) is 2.26. The molecule has 38 heavy (non-hydrogen) atoms. The SMILES string of the molecule is CC(C)(C)OC(=O)N[C@H]1CC(=O)N(c2cc(F)c(C3CCC(=O)N(COCC[Si](C)(C)C)C3=O)c(F)c2)C1. The molecule has 0 aliphatic carbocycles. The summed E-state index contributed by atoms with van der Waals surface area (Å²) in [5.74, 6) is -4.72. The Balaban J connectivity index is 1.71. The monoisotopic (exact) mass is 553 g/mol. The summed E-state index contributed by atoms with van der Waals surface area (Å²) in [7, 11) is -1.37. The summed E-state index contributed by atoms with van der Waals surface area (Å²) < 4.78 is 41.3. The average molecular weight is 554 g/mol. The second-order valence-electron chi connectivity index (χ2n) is 12.0. The predicted octanol–water partition coefficient (Wildman–Crippen LogP) is 4.14. The normalized spacial score (nSPS) is 20.8. The number of benzene rings is 1. The number of carbonyl (C=O) groups is 4. The van der Waals surface area contributed by atoms with Gasteiger partial charge >= 0.3 is 6.09 Å². The fourth-order valence-electron chi connectivity index (χ4n) is 4.36. The molecular weight excluding hydrogens is 516 g/mol. The van der Waals surface area contributed by atoms with Crippen LogP contribution in [0.15, 0.2) is 12.1 Å². The lowest BCUT2D eigenvalue weighted by atomic mass is 9.88. The molecule has 9 nitrogen and oxygen atoms in total. The fraction of sp³-hybridized carbons (Fsp3) is 0.615. The van der Waals surface area contributed by atoms with Crippen molar-refractivity contribution in [1.29, 1.82) is 0 Å². The molecule has 210 valence electrons. The molecule has 3 rings (SSSR count). The summed E-state index contributed by atoms with van der Waals surface area (Å²) in [4.78, 5) is 52.1. The van der Waals surface area contributed by atoms with Crippen LogP contribution in [-0.4, -0.2) is 68.3 Å². The molecule has 0 saturated carbocycles. The summed E-state index contributed by atoms with van der Waals surface area (Å²) in [6.07, 6.45) is -0.818. The number of halogens is 2. The first-order chi connectivity index (χ1) is 17.6. The Kier molecular flexibility index (Phi) is 8.97. The van der Waals surface area contributed by atoms with E-state index in [4.69, 9.17) is 9.47 Å². The highest BCUT2D eigenvalue weighted by Gasteiger charge is 2.39. The molecule has 2 atom stereocenters. The zero-order chi connectivity index (χ0) is 28.4. The Morgan fingerprint density at radius 2 is 1.74 bits per heavy atom. The van der Waals surface area contributed by atoms with E-state index >= 15 is 8.78 Å². The number of carbonyl (C=O) groups excluding carboxylic acids is 4. The Bertz CT molecular complexity index is 1080. The van der Waals surface area contributed by atoms with Gasteiger partial charge in [0.05, 0.1) is 12.0 Å². The minimum atomic E-state index is -1.37. The van der Waals surface area contributed by atoms with Crippen molar-refractivity contribution < 1.29 is 37.4 Å². The van der Waals surface area contributed by atoms with E-state index in [1.54, 1.807) is 20.8 Å². The van der Waals surface area contributed by atoms with Crippen molar-refractivity contribution in [3.05, 3.63) is 29.3 Å². The van der Waals surface area contributed by atoms with E-state index in [0.717, 1.165) is 23.1 Å². The lowest BCUT2D eigenvalue weighted by Gasteiger charge is -2.31. The second-order valence-corrected chi connectivity index (χ2v) is 17.6. The van der Waals surface area contributed by atoms with Crippen LogP contribution in [0.25, 0.3) is 0 Å². The molecule has 0 aromatic heterocycles. The van der Waals surface area contributed by atoms with Crippen LogP contribution < -0.4 is 10.2 Å². The Labute approximate surface area is 222 Å². The molecule has 0 spiro atoms. The van der Waals surface area contributed by atoms with Gasteiger partial charge in [-0.15, -0.1) is 0 Å². The van der Waals surface area contributed by atoms with Crippen molar-refractivity contribution in [3.63, 3.8) is 0 Å². The van der Waals surface area contributed by atoms with Gasteiger partial charge in [-0.05, 0) is 45.4 Å². The van der Waals surface area contributed by atoms with Crippen molar-refractivity contribution >= 4 is 37.6 Å². The number of hydrogen-bond acceptors (Lipinski definition) is 6.